The van der Waals surface area contributed by atoms with Gasteiger partial charge in [0.05, 0.1) is 16.9 Å². The van der Waals surface area contributed by atoms with E-state index >= 15 is 0 Å². The molecule has 0 radical (unpaired) electrons. The van der Waals surface area contributed by atoms with E-state index in [2.05, 4.69) is 41.5 Å². The van der Waals surface area contributed by atoms with Crippen LogP contribution in [0.1, 0.15) is 103 Å². The smallest absolute Gasteiger partial charge is 0.311 e. The Kier molecular flexibility index (Phi) is 12.1. The molecule has 0 unspecified atom stereocenters. The first-order valence-electron chi connectivity index (χ1n) is 12.6. The van der Waals surface area contributed by atoms with Crippen LogP contribution in [-0.2, 0) is 23.9 Å². The van der Waals surface area contributed by atoms with Crippen molar-refractivity contribution in [2.75, 3.05) is 18.1 Å². The molecule has 0 fully saturated rings. The van der Waals surface area contributed by atoms with Gasteiger partial charge in [0.2, 0.25) is 0 Å². The third-order valence-corrected chi connectivity index (χ3v) is 6.60. The van der Waals surface area contributed by atoms with Gasteiger partial charge >= 0.3 is 11.9 Å². The number of nitrogens with two attached hydrogens (primary N) is 1. The van der Waals surface area contributed by atoms with Gasteiger partial charge in [0, 0.05) is 16.9 Å². The normalized spacial score (nSPS) is 15.4. The van der Waals surface area contributed by atoms with Gasteiger partial charge in [-0.2, -0.15) is 11.8 Å². The van der Waals surface area contributed by atoms with Crippen LogP contribution >= 0.6 is 11.8 Å². The first-order chi connectivity index (χ1) is 15.4. The lowest BCUT2D eigenvalue weighted by Gasteiger charge is -2.33. The summed E-state index contributed by atoms with van der Waals surface area (Å²) in [5.74, 6) is 0.138. The highest BCUT2D eigenvalue weighted by Crippen LogP contribution is 2.36. The van der Waals surface area contributed by atoms with Crippen LogP contribution in [0.15, 0.2) is 0 Å². The fraction of sp³-hybridized carbons (Fsp3) is 0.893. The second-order valence-electron chi connectivity index (χ2n) is 14.6. The van der Waals surface area contributed by atoms with E-state index in [-0.39, 0.29) is 35.2 Å². The second kappa shape index (κ2) is 12.4. The summed E-state index contributed by atoms with van der Waals surface area (Å²) >= 11 is 1.43. The highest BCUT2D eigenvalue weighted by Gasteiger charge is 2.37. The average molecular weight is 516 g/mol. The minimum Gasteiger partial charge on any atom is -0.461 e. The zero-order valence-corrected chi connectivity index (χ0v) is 25.5. The quantitative estimate of drug-likeness (QED) is 0.316. The molecule has 0 rings (SSSR count). The standard InChI is InChI=1S/C28H53NO5S/c1-24(2,3)17-27(10,11)22(31)33-14-19(15-35-16-20(29)21(30)26(7,8)9)34-23(32)28(12,13)18-25(4,5)6/h19-20H,14-18,29H2,1-13H3/t19-,20+/m0/s1. The van der Waals surface area contributed by atoms with Crippen LogP contribution in [0.5, 0.6) is 0 Å². The van der Waals surface area contributed by atoms with E-state index < -0.39 is 28.4 Å². The maximum atomic E-state index is 13.1. The maximum Gasteiger partial charge on any atom is 0.311 e. The van der Waals surface area contributed by atoms with Gasteiger partial charge in [0.25, 0.3) is 0 Å². The Bertz CT molecular complexity index is 723. The van der Waals surface area contributed by atoms with Gasteiger partial charge in [-0.15, -0.1) is 0 Å². The Hall–Kier alpha value is -1.08. The molecule has 0 aromatic rings. The topological polar surface area (TPSA) is 95.7 Å². The molecule has 7 heteroatoms. The molecule has 0 aliphatic heterocycles. The second-order valence-corrected chi connectivity index (χ2v) is 15.7. The number of hydrogen-bond acceptors (Lipinski definition) is 7. The first kappa shape index (κ1) is 33.9. The molecule has 206 valence electrons. The minimum atomic E-state index is -0.685. The third-order valence-electron chi connectivity index (χ3n) is 5.40. The van der Waals surface area contributed by atoms with Crippen LogP contribution in [0, 0.1) is 27.1 Å². The maximum absolute atomic E-state index is 13.1. The zero-order valence-electron chi connectivity index (χ0n) is 24.7. The van der Waals surface area contributed by atoms with E-state index in [1.54, 1.807) is 0 Å². The van der Waals surface area contributed by atoms with E-state index in [1.807, 2.05) is 48.5 Å². The molecule has 0 aliphatic carbocycles. The van der Waals surface area contributed by atoms with Crippen molar-refractivity contribution >= 4 is 29.5 Å². The van der Waals surface area contributed by atoms with Gasteiger partial charge in [0.15, 0.2) is 5.78 Å². The first-order valence-corrected chi connectivity index (χ1v) is 13.8. The molecule has 0 aromatic carbocycles. The van der Waals surface area contributed by atoms with E-state index in [1.165, 1.54) is 11.8 Å². The van der Waals surface area contributed by atoms with E-state index in [0.29, 0.717) is 24.3 Å². The number of carbonyl (C=O) groups is 3. The summed E-state index contributed by atoms with van der Waals surface area (Å²) in [7, 11) is 0. The molecular weight excluding hydrogens is 462 g/mol. The number of esters is 2. The average Bonchev–Trinajstić information content (AvgIpc) is 2.59. The van der Waals surface area contributed by atoms with Crippen molar-refractivity contribution in [3.05, 3.63) is 0 Å². The van der Waals surface area contributed by atoms with Crippen molar-refractivity contribution in [3.8, 4) is 0 Å². The fourth-order valence-corrected chi connectivity index (χ4v) is 5.51. The lowest BCUT2D eigenvalue weighted by molar-refractivity contribution is -0.170. The van der Waals surface area contributed by atoms with Crippen LogP contribution in [0.4, 0.5) is 0 Å². The Balaban J connectivity index is 5.38. The van der Waals surface area contributed by atoms with E-state index in [9.17, 15) is 14.4 Å². The highest BCUT2D eigenvalue weighted by molar-refractivity contribution is 7.99. The highest BCUT2D eigenvalue weighted by atomic mass is 32.2. The summed E-state index contributed by atoms with van der Waals surface area (Å²) in [6, 6.07) is -0.609. The summed E-state index contributed by atoms with van der Waals surface area (Å²) in [6.07, 6.45) is 0.695. The predicted octanol–water partition coefficient (Wildman–Crippen LogP) is 6.04. The van der Waals surface area contributed by atoms with Crippen molar-refractivity contribution in [3.63, 3.8) is 0 Å². The zero-order chi connectivity index (χ0) is 28.0. The van der Waals surface area contributed by atoms with Gasteiger partial charge < -0.3 is 15.2 Å². The Morgan fingerprint density at radius 2 is 1.14 bits per heavy atom. The number of thioether (sulfide) groups is 1. The molecule has 2 N–H and O–H groups in total. The Morgan fingerprint density at radius 1 is 0.714 bits per heavy atom. The molecule has 0 aliphatic rings. The van der Waals surface area contributed by atoms with Crippen LogP contribution in [0.25, 0.3) is 0 Å². The largest absolute Gasteiger partial charge is 0.461 e. The Morgan fingerprint density at radius 3 is 1.54 bits per heavy atom. The monoisotopic (exact) mass is 515 g/mol. The number of carbonyl (C=O) groups excluding carboxylic acids is 3. The SMILES string of the molecule is CC(C)(C)CC(C)(C)C(=O)OC[C@@H](CSC[C@@H](N)C(=O)C(C)(C)C)OC(=O)C(C)(C)CC(C)(C)C. The summed E-state index contributed by atoms with van der Waals surface area (Å²) in [6.45, 7) is 25.5. The van der Waals surface area contributed by atoms with Gasteiger partial charge in [-0.1, -0.05) is 62.3 Å². The molecule has 0 amide bonds. The molecule has 0 saturated heterocycles. The van der Waals surface area contributed by atoms with Crippen LogP contribution in [-0.4, -0.2) is 48.0 Å². The summed E-state index contributed by atoms with van der Waals surface area (Å²) in [4.78, 5) is 38.4. The molecular formula is C28H53NO5S. The third kappa shape index (κ3) is 13.7. The number of ether oxygens (including phenoxy) is 2. The van der Waals surface area contributed by atoms with E-state index in [4.69, 9.17) is 15.2 Å². The minimum absolute atomic E-state index is 0.0137. The van der Waals surface area contributed by atoms with Gasteiger partial charge in [-0.25, -0.2) is 0 Å². The van der Waals surface area contributed by atoms with Crippen molar-refractivity contribution in [2.24, 2.45) is 32.8 Å². The lowest BCUT2D eigenvalue weighted by Crippen LogP contribution is -2.41. The number of Topliss-reactive ketones (excluding diaryl/α,β-unsaturated/α-hetero) is 1. The predicted molar refractivity (Wildman–Crippen MR) is 146 cm³/mol. The molecule has 0 aromatic heterocycles. The summed E-state index contributed by atoms with van der Waals surface area (Å²) < 4.78 is 11.5. The molecule has 0 heterocycles. The van der Waals surface area contributed by atoms with Crippen LogP contribution in [0.3, 0.4) is 0 Å². The number of hydrogen-bond donors (Lipinski definition) is 1. The van der Waals surface area contributed by atoms with Crippen LogP contribution < -0.4 is 5.73 Å². The molecule has 0 saturated carbocycles. The van der Waals surface area contributed by atoms with Crippen LogP contribution in [0.2, 0.25) is 0 Å². The van der Waals surface area contributed by atoms with E-state index in [0.717, 1.165) is 0 Å². The lowest BCUT2D eigenvalue weighted by atomic mass is 9.76. The molecule has 6 nitrogen and oxygen atoms in total. The number of rotatable bonds is 12. The summed E-state index contributed by atoms with van der Waals surface area (Å²) in [5.41, 5.74) is 4.17. The molecule has 0 spiro atoms. The van der Waals surface area contributed by atoms with Gasteiger partial charge in [0.1, 0.15) is 12.7 Å². The Labute approximate surface area is 219 Å². The van der Waals surface area contributed by atoms with Crippen molar-refractivity contribution in [1.29, 1.82) is 0 Å². The fourth-order valence-electron chi connectivity index (χ4n) is 4.55. The summed E-state index contributed by atoms with van der Waals surface area (Å²) in [5, 5.41) is 0. The number of ketones is 1. The van der Waals surface area contributed by atoms with Crippen molar-refractivity contribution in [2.45, 2.75) is 115 Å². The molecule has 0 bridgehead atoms. The van der Waals surface area contributed by atoms with Gasteiger partial charge in [-0.3, -0.25) is 14.4 Å². The van der Waals surface area contributed by atoms with Gasteiger partial charge in [-0.05, 0) is 51.4 Å². The van der Waals surface area contributed by atoms with Crippen molar-refractivity contribution < 1.29 is 23.9 Å². The molecule has 2 atom stereocenters. The molecule has 35 heavy (non-hydrogen) atoms. The van der Waals surface area contributed by atoms with Crippen molar-refractivity contribution in [1.82, 2.24) is 0 Å².